The lowest BCUT2D eigenvalue weighted by Gasteiger charge is -2.12. The number of fused-ring (bicyclic) bond motifs is 3. The van der Waals surface area contributed by atoms with E-state index in [9.17, 15) is 0 Å². The summed E-state index contributed by atoms with van der Waals surface area (Å²) in [7, 11) is 2.04. The van der Waals surface area contributed by atoms with Crippen LogP contribution in [0.3, 0.4) is 0 Å². The molecule has 126 valence electrons. The molecule has 0 aliphatic heterocycles. The molecular formula is C21H18N5+. The summed E-state index contributed by atoms with van der Waals surface area (Å²) in [5, 5.41) is 0. The molecule has 5 heteroatoms. The third-order valence-electron chi connectivity index (χ3n) is 4.79. The topological polar surface area (TPSA) is 39.0 Å². The van der Waals surface area contributed by atoms with E-state index in [1.54, 1.807) is 6.20 Å². The Morgan fingerprint density at radius 3 is 2.69 bits per heavy atom. The first kappa shape index (κ1) is 14.8. The van der Waals surface area contributed by atoms with Crippen molar-refractivity contribution in [2.75, 3.05) is 0 Å². The van der Waals surface area contributed by atoms with Crippen LogP contribution in [-0.2, 0) is 7.05 Å². The van der Waals surface area contributed by atoms with Crippen molar-refractivity contribution in [3.63, 3.8) is 0 Å². The van der Waals surface area contributed by atoms with Gasteiger partial charge in [-0.05, 0) is 30.7 Å². The van der Waals surface area contributed by atoms with E-state index in [0.29, 0.717) is 0 Å². The Balaban J connectivity index is 1.88. The zero-order valence-electron chi connectivity index (χ0n) is 14.7. The minimum atomic E-state index is 0.896. The predicted molar refractivity (Wildman–Crippen MR) is 101 cm³/mol. The smallest absolute Gasteiger partial charge is 0.264 e. The largest absolute Gasteiger partial charge is 0.344 e. The molecule has 0 N–H and O–H groups in total. The summed E-state index contributed by atoms with van der Waals surface area (Å²) in [5.74, 6) is 0.896. The Kier molecular flexibility index (Phi) is 3.15. The molecule has 3 heterocycles. The summed E-state index contributed by atoms with van der Waals surface area (Å²) in [5.41, 5.74) is 6.63. The van der Waals surface area contributed by atoms with Crippen molar-refractivity contribution in [2.45, 2.75) is 6.92 Å². The minimum absolute atomic E-state index is 0.896. The number of para-hydroxylation sites is 3. The fraction of sp³-hybridized carbons (Fsp3) is 0.0952. The normalized spacial score (nSPS) is 11.5. The summed E-state index contributed by atoms with van der Waals surface area (Å²) in [4.78, 5) is 9.17. The van der Waals surface area contributed by atoms with E-state index < -0.39 is 0 Å². The molecule has 0 saturated heterocycles. The predicted octanol–water partition coefficient (Wildman–Crippen LogP) is 3.47. The Hall–Kier alpha value is -3.47. The maximum Gasteiger partial charge on any atom is 0.344 e. The van der Waals surface area contributed by atoms with Crippen LogP contribution in [0.5, 0.6) is 0 Å². The highest BCUT2D eigenvalue weighted by molar-refractivity contribution is 5.81. The number of pyridine rings is 1. The van der Waals surface area contributed by atoms with Crippen molar-refractivity contribution in [1.29, 1.82) is 0 Å². The molecule has 5 nitrogen and oxygen atoms in total. The summed E-state index contributed by atoms with van der Waals surface area (Å²) in [6.07, 6.45) is 5.78. The third kappa shape index (κ3) is 2.07. The van der Waals surface area contributed by atoms with Gasteiger partial charge in [0.15, 0.2) is 5.52 Å². The molecule has 0 bridgehead atoms. The highest BCUT2D eigenvalue weighted by Gasteiger charge is 2.23. The average Bonchev–Trinajstić information content (AvgIpc) is 3.17. The van der Waals surface area contributed by atoms with Gasteiger partial charge in [-0.2, -0.15) is 14.1 Å². The fourth-order valence-corrected chi connectivity index (χ4v) is 3.61. The second-order valence-corrected chi connectivity index (χ2v) is 6.48. The molecule has 0 atom stereocenters. The highest BCUT2D eigenvalue weighted by Crippen LogP contribution is 2.29. The number of hydrogen-bond acceptors (Lipinski definition) is 2. The molecule has 3 aromatic heterocycles. The first-order chi connectivity index (χ1) is 12.7. The van der Waals surface area contributed by atoms with Crippen LogP contribution in [-0.4, -0.2) is 19.1 Å². The number of benzene rings is 2. The monoisotopic (exact) mass is 340 g/mol. The van der Waals surface area contributed by atoms with Crippen molar-refractivity contribution < 1.29 is 4.68 Å². The number of imidazole rings is 1. The quantitative estimate of drug-likeness (QED) is 0.462. The van der Waals surface area contributed by atoms with Crippen molar-refractivity contribution in [3.05, 3.63) is 78.9 Å². The van der Waals surface area contributed by atoms with Gasteiger partial charge in [-0.25, -0.2) is 0 Å². The van der Waals surface area contributed by atoms with Crippen LogP contribution >= 0.6 is 0 Å². The van der Waals surface area contributed by atoms with Gasteiger partial charge in [-0.3, -0.25) is 4.98 Å². The molecule has 5 rings (SSSR count). The van der Waals surface area contributed by atoms with Crippen molar-refractivity contribution in [2.24, 2.45) is 7.05 Å². The third-order valence-corrected chi connectivity index (χ3v) is 4.79. The van der Waals surface area contributed by atoms with Gasteiger partial charge in [0.2, 0.25) is 0 Å². The van der Waals surface area contributed by atoms with E-state index in [0.717, 1.165) is 33.6 Å². The number of nitrogens with zero attached hydrogens (tertiary/aromatic N) is 5. The van der Waals surface area contributed by atoms with Crippen LogP contribution < -0.4 is 4.68 Å². The SMILES string of the molecule is Cc1cccc(-c2cccnc2)c1-n1c2nc3ccccc3n2c[n+]1C. The molecule has 5 aromatic rings. The van der Waals surface area contributed by atoms with Crippen LogP contribution in [0.4, 0.5) is 0 Å². The second kappa shape index (κ2) is 5.52. The van der Waals surface area contributed by atoms with Crippen molar-refractivity contribution >= 4 is 16.8 Å². The molecule has 0 saturated carbocycles. The summed E-state index contributed by atoms with van der Waals surface area (Å²) >= 11 is 0. The van der Waals surface area contributed by atoms with E-state index in [1.807, 2.05) is 37.5 Å². The Bertz CT molecular complexity index is 1250. The molecule has 0 radical (unpaired) electrons. The van der Waals surface area contributed by atoms with Gasteiger partial charge in [0.05, 0.1) is 0 Å². The van der Waals surface area contributed by atoms with Gasteiger partial charge in [-0.15, -0.1) is 4.68 Å². The Morgan fingerprint density at radius 1 is 0.962 bits per heavy atom. The summed E-state index contributed by atoms with van der Waals surface area (Å²) in [6, 6.07) is 18.6. The molecule has 0 spiro atoms. The number of hydrogen-bond donors (Lipinski definition) is 0. The Morgan fingerprint density at radius 2 is 1.85 bits per heavy atom. The molecule has 0 aliphatic carbocycles. The van der Waals surface area contributed by atoms with Gasteiger partial charge in [-0.1, -0.05) is 36.4 Å². The minimum Gasteiger partial charge on any atom is -0.264 e. The van der Waals surface area contributed by atoms with E-state index in [4.69, 9.17) is 4.98 Å². The standard InChI is InChI=1S/C21H18N5/c1-15-7-5-9-17(16-8-6-12-22-13-16)20(15)26-21-23-18-10-3-4-11-19(18)25(21)14-24(26)2/h3-14H,1-2H3/q+1. The van der Waals surface area contributed by atoms with Crippen LogP contribution in [0, 0.1) is 6.92 Å². The molecule has 26 heavy (non-hydrogen) atoms. The van der Waals surface area contributed by atoms with E-state index in [-0.39, 0.29) is 0 Å². The second-order valence-electron chi connectivity index (χ2n) is 6.48. The van der Waals surface area contributed by atoms with E-state index in [2.05, 4.69) is 62.3 Å². The van der Waals surface area contributed by atoms with Gasteiger partial charge in [0, 0.05) is 23.5 Å². The van der Waals surface area contributed by atoms with Crippen molar-refractivity contribution in [3.8, 4) is 16.8 Å². The van der Waals surface area contributed by atoms with Crippen LogP contribution in [0.25, 0.3) is 33.6 Å². The van der Waals surface area contributed by atoms with Gasteiger partial charge in [0.25, 0.3) is 6.33 Å². The Labute approximate surface area is 150 Å². The van der Waals surface area contributed by atoms with E-state index in [1.165, 1.54) is 5.56 Å². The molecular weight excluding hydrogens is 322 g/mol. The van der Waals surface area contributed by atoms with Gasteiger partial charge >= 0.3 is 5.78 Å². The number of aryl methyl sites for hydroxylation is 2. The highest BCUT2D eigenvalue weighted by atomic mass is 15.5. The lowest BCUT2D eigenvalue weighted by Crippen LogP contribution is -2.37. The van der Waals surface area contributed by atoms with Gasteiger partial charge < -0.3 is 0 Å². The van der Waals surface area contributed by atoms with E-state index >= 15 is 0 Å². The molecule has 0 aliphatic rings. The van der Waals surface area contributed by atoms with Crippen LogP contribution in [0.1, 0.15) is 5.56 Å². The first-order valence-corrected chi connectivity index (χ1v) is 8.59. The fourth-order valence-electron chi connectivity index (χ4n) is 3.61. The number of rotatable bonds is 2. The van der Waals surface area contributed by atoms with Gasteiger partial charge in [0.1, 0.15) is 18.3 Å². The first-order valence-electron chi connectivity index (χ1n) is 8.59. The summed E-state index contributed by atoms with van der Waals surface area (Å²) in [6.45, 7) is 2.13. The maximum absolute atomic E-state index is 4.88. The lowest BCUT2D eigenvalue weighted by atomic mass is 10.0. The number of aromatic nitrogens is 5. The lowest BCUT2D eigenvalue weighted by molar-refractivity contribution is -0.744. The van der Waals surface area contributed by atoms with Crippen LogP contribution in [0.2, 0.25) is 0 Å². The van der Waals surface area contributed by atoms with Crippen molar-refractivity contribution in [1.82, 2.24) is 19.1 Å². The maximum atomic E-state index is 4.88. The average molecular weight is 340 g/mol. The van der Waals surface area contributed by atoms with Crippen LogP contribution in [0.15, 0.2) is 73.3 Å². The summed E-state index contributed by atoms with van der Waals surface area (Å²) < 4.78 is 6.38. The molecule has 0 amide bonds. The molecule has 2 aromatic carbocycles. The molecule has 0 unspecified atom stereocenters. The molecule has 0 fully saturated rings. The zero-order valence-corrected chi connectivity index (χ0v) is 14.7. The zero-order chi connectivity index (χ0) is 17.7.